The zero-order valence-corrected chi connectivity index (χ0v) is 8.19. The predicted molar refractivity (Wildman–Crippen MR) is 53.4 cm³/mol. The molecule has 0 fully saturated rings. The molecule has 1 aliphatic carbocycles. The van der Waals surface area contributed by atoms with Gasteiger partial charge in [-0.3, -0.25) is 4.79 Å². The summed E-state index contributed by atoms with van der Waals surface area (Å²) < 4.78 is 4.76. The van der Waals surface area contributed by atoms with Gasteiger partial charge in [-0.2, -0.15) is 0 Å². The Hall–Kier alpha value is -1.35. The van der Waals surface area contributed by atoms with E-state index in [0.717, 1.165) is 12.0 Å². The van der Waals surface area contributed by atoms with Crippen LogP contribution in [0.1, 0.15) is 19.8 Å². The van der Waals surface area contributed by atoms with Crippen LogP contribution >= 0.6 is 0 Å². The summed E-state index contributed by atoms with van der Waals surface area (Å²) in [4.78, 5) is 10.7. The Bertz CT molecular complexity index is 302. The number of hydrogen-bond donors (Lipinski definition) is 1. The molecule has 0 amide bonds. The molecule has 1 N–H and O–H groups in total. The monoisotopic (exact) mass is 194 g/mol. The van der Waals surface area contributed by atoms with Crippen LogP contribution in [0.25, 0.3) is 0 Å². The Balaban J connectivity index is 2.62. The molecular weight excluding hydrogens is 180 g/mol. The first-order chi connectivity index (χ1) is 6.56. The number of carbonyl (C=O) groups excluding carboxylic acids is 1. The highest BCUT2D eigenvalue weighted by Crippen LogP contribution is 2.23. The lowest BCUT2D eigenvalue weighted by Gasteiger charge is -2.25. The highest BCUT2D eigenvalue weighted by Gasteiger charge is 2.27. The van der Waals surface area contributed by atoms with Crippen LogP contribution in [0.5, 0.6) is 0 Å². The maximum absolute atomic E-state index is 10.7. The molecule has 3 nitrogen and oxygen atoms in total. The maximum Gasteiger partial charge on any atom is 0.305 e. The topological polar surface area (TPSA) is 46.5 Å². The molecule has 0 spiro atoms. The molecule has 0 aromatic heterocycles. The van der Waals surface area contributed by atoms with Crippen LogP contribution in [-0.2, 0) is 9.53 Å². The minimum Gasteiger partial charge on any atom is -0.429 e. The van der Waals surface area contributed by atoms with Gasteiger partial charge in [-0.1, -0.05) is 18.2 Å². The minimum atomic E-state index is -1.46. The van der Waals surface area contributed by atoms with Crippen molar-refractivity contribution in [3.8, 4) is 0 Å². The minimum absolute atomic E-state index is 0.298. The van der Waals surface area contributed by atoms with E-state index in [1.165, 1.54) is 13.0 Å². The summed E-state index contributed by atoms with van der Waals surface area (Å²) in [5.41, 5.74) is 1.07. The fourth-order valence-electron chi connectivity index (χ4n) is 1.29. The van der Waals surface area contributed by atoms with Crippen molar-refractivity contribution in [3.63, 3.8) is 0 Å². The molecular formula is C11H14O3. The van der Waals surface area contributed by atoms with Crippen LogP contribution in [0.4, 0.5) is 0 Å². The summed E-state index contributed by atoms with van der Waals surface area (Å²) in [5.74, 6) is -1.95. The highest BCUT2D eigenvalue weighted by molar-refractivity contribution is 5.66. The average Bonchev–Trinajstić information content (AvgIpc) is 2.08. The van der Waals surface area contributed by atoms with Gasteiger partial charge in [0.05, 0.1) is 0 Å². The van der Waals surface area contributed by atoms with Crippen molar-refractivity contribution in [3.05, 3.63) is 36.5 Å². The van der Waals surface area contributed by atoms with Crippen LogP contribution in [-0.4, -0.2) is 16.9 Å². The van der Waals surface area contributed by atoms with Crippen LogP contribution in [0.3, 0.4) is 0 Å². The van der Waals surface area contributed by atoms with E-state index in [1.807, 2.05) is 6.08 Å². The van der Waals surface area contributed by atoms with Gasteiger partial charge >= 0.3 is 5.97 Å². The number of carbonyl (C=O) groups is 1. The molecule has 3 heteroatoms. The molecule has 1 unspecified atom stereocenters. The summed E-state index contributed by atoms with van der Waals surface area (Å²) in [6.45, 7) is 4.89. The van der Waals surface area contributed by atoms with Gasteiger partial charge in [-0.15, -0.1) is 6.58 Å². The lowest BCUT2D eigenvalue weighted by atomic mass is 10.00. The number of esters is 1. The van der Waals surface area contributed by atoms with Gasteiger partial charge < -0.3 is 9.84 Å². The lowest BCUT2D eigenvalue weighted by Crippen LogP contribution is -2.32. The molecule has 0 aromatic carbocycles. The second kappa shape index (κ2) is 4.24. The number of allylic oxidation sites excluding steroid dienone is 3. The lowest BCUT2D eigenvalue weighted by molar-refractivity contribution is -0.187. The van der Waals surface area contributed by atoms with Gasteiger partial charge in [-0.25, -0.2) is 0 Å². The number of rotatable bonds is 3. The molecule has 1 atom stereocenters. The molecule has 0 saturated carbocycles. The van der Waals surface area contributed by atoms with Crippen molar-refractivity contribution in [1.29, 1.82) is 0 Å². The fourth-order valence-corrected chi connectivity index (χ4v) is 1.29. The Labute approximate surface area is 83.4 Å². The summed E-state index contributed by atoms with van der Waals surface area (Å²) in [6, 6.07) is 0. The third-order valence-electron chi connectivity index (χ3n) is 1.92. The van der Waals surface area contributed by atoms with Gasteiger partial charge in [0.1, 0.15) is 0 Å². The Morgan fingerprint density at radius 1 is 1.86 bits per heavy atom. The van der Waals surface area contributed by atoms with Gasteiger partial charge in [0.2, 0.25) is 5.79 Å². The first kappa shape index (κ1) is 10.7. The molecule has 1 aliphatic rings. The fraction of sp³-hybridized carbons (Fsp3) is 0.364. The smallest absolute Gasteiger partial charge is 0.305 e. The van der Waals surface area contributed by atoms with E-state index in [2.05, 4.69) is 6.58 Å². The van der Waals surface area contributed by atoms with Gasteiger partial charge in [-0.05, 0) is 18.1 Å². The molecule has 14 heavy (non-hydrogen) atoms. The van der Waals surface area contributed by atoms with E-state index < -0.39 is 11.8 Å². The summed E-state index contributed by atoms with van der Waals surface area (Å²) in [6.07, 6.45) is 7.91. The van der Waals surface area contributed by atoms with Gasteiger partial charge in [0.25, 0.3) is 0 Å². The molecule has 0 aromatic rings. The summed E-state index contributed by atoms with van der Waals surface area (Å²) >= 11 is 0. The third-order valence-corrected chi connectivity index (χ3v) is 1.92. The average molecular weight is 194 g/mol. The van der Waals surface area contributed by atoms with E-state index in [-0.39, 0.29) is 0 Å². The van der Waals surface area contributed by atoms with Crippen molar-refractivity contribution in [2.24, 2.45) is 0 Å². The standard InChI is InChI=1S/C11H14O3/c1-3-4-10-5-7-11(13,8-6-10)14-9(2)12/h3,5-7,13H,1,4,8H2,2H3. The maximum atomic E-state index is 10.7. The van der Waals surface area contributed by atoms with Crippen LogP contribution < -0.4 is 0 Å². The van der Waals surface area contributed by atoms with E-state index in [4.69, 9.17) is 4.74 Å². The molecule has 76 valence electrons. The van der Waals surface area contributed by atoms with Gasteiger partial charge in [0.15, 0.2) is 0 Å². The van der Waals surface area contributed by atoms with Crippen molar-refractivity contribution in [1.82, 2.24) is 0 Å². The Morgan fingerprint density at radius 3 is 3.00 bits per heavy atom. The van der Waals surface area contributed by atoms with Crippen molar-refractivity contribution < 1.29 is 14.6 Å². The number of hydrogen-bond acceptors (Lipinski definition) is 3. The largest absolute Gasteiger partial charge is 0.429 e. The predicted octanol–water partition coefficient (Wildman–Crippen LogP) is 1.70. The quantitative estimate of drug-likeness (QED) is 0.422. The highest BCUT2D eigenvalue weighted by atomic mass is 16.7. The van der Waals surface area contributed by atoms with E-state index in [1.54, 1.807) is 12.2 Å². The Morgan fingerprint density at radius 2 is 2.57 bits per heavy atom. The van der Waals surface area contributed by atoms with Gasteiger partial charge in [0, 0.05) is 13.3 Å². The van der Waals surface area contributed by atoms with E-state index >= 15 is 0 Å². The first-order valence-electron chi connectivity index (χ1n) is 4.47. The second-order valence-corrected chi connectivity index (χ2v) is 3.25. The normalized spacial score (nSPS) is 25.4. The molecule has 0 bridgehead atoms. The van der Waals surface area contributed by atoms with Crippen LogP contribution in [0, 0.1) is 0 Å². The molecule has 0 radical (unpaired) electrons. The van der Waals surface area contributed by atoms with Crippen molar-refractivity contribution >= 4 is 5.97 Å². The molecule has 1 rings (SSSR count). The van der Waals surface area contributed by atoms with Crippen LogP contribution in [0.15, 0.2) is 36.5 Å². The molecule has 0 heterocycles. The van der Waals surface area contributed by atoms with Crippen molar-refractivity contribution in [2.75, 3.05) is 0 Å². The van der Waals surface area contributed by atoms with E-state index in [0.29, 0.717) is 6.42 Å². The first-order valence-corrected chi connectivity index (χ1v) is 4.47. The van der Waals surface area contributed by atoms with Crippen molar-refractivity contribution in [2.45, 2.75) is 25.6 Å². The molecule has 0 aliphatic heterocycles. The third kappa shape index (κ3) is 2.85. The SMILES string of the molecule is C=CCC1=CCC(O)(OC(C)=O)C=C1. The number of ether oxygens (including phenoxy) is 1. The summed E-state index contributed by atoms with van der Waals surface area (Å²) in [5, 5.41) is 9.73. The zero-order chi connectivity index (χ0) is 10.6. The van der Waals surface area contributed by atoms with Crippen LogP contribution in [0.2, 0.25) is 0 Å². The molecule has 0 saturated heterocycles. The van der Waals surface area contributed by atoms with E-state index in [9.17, 15) is 9.90 Å². The Kier molecular flexibility index (Phi) is 3.25. The number of aliphatic hydroxyl groups is 1. The second-order valence-electron chi connectivity index (χ2n) is 3.25. The zero-order valence-electron chi connectivity index (χ0n) is 8.19. The summed E-state index contributed by atoms with van der Waals surface area (Å²) in [7, 11) is 0.